The highest BCUT2D eigenvalue weighted by Crippen LogP contribution is 2.25. The molecule has 0 aromatic heterocycles. The summed E-state index contributed by atoms with van der Waals surface area (Å²) in [7, 11) is 1.58. The fraction of sp³-hybridized carbons (Fsp3) is 0.133. The summed E-state index contributed by atoms with van der Waals surface area (Å²) in [4.78, 5) is 11.6. The van der Waals surface area contributed by atoms with E-state index < -0.39 is 0 Å². The first-order valence-corrected chi connectivity index (χ1v) is 7.33. The summed E-state index contributed by atoms with van der Waals surface area (Å²) in [6.07, 6.45) is 0. The van der Waals surface area contributed by atoms with E-state index >= 15 is 0 Å². The maximum absolute atomic E-state index is 11.6. The van der Waals surface area contributed by atoms with Gasteiger partial charge in [-0.05, 0) is 42.0 Å². The number of carbonyl (C=O) groups is 1. The molecule has 3 nitrogen and oxygen atoms in total. The number of benzene rings is 2. The third kappa shape index (κ3) is 4.27. The SMILES string of the molecule is CNC(=O)c1ccc(Cl)c(NCc2cc(Cl)cc(Cl)c2)c1. The lowest BCUT2D eigenvalue weighted by Gasteiger charge is -2.11. The average Bonchev–Trinajstić information content (AvgIpc) is 2.44. The quantitative estimate of drug-likeness (QED) is 0.850. The zero-order valence-electron chi connectivity index (χ0n) is 11.2. The van der Waals surface area contributed by atoms with Crippen LogP contribution in [-0.4, -0.2) is 13.0 Å². The fourth-order valence-electron chi connectivity index (χ4n) is 1.86. The van der Waals surface area contributed by atoms with Gasteiger partial charge in [0, 0.05) is 29.2 Å². The molecule has 2 aromatic carbocycles. The highest BCUT2D eigenvalue weighted by Gasteiger charge is 2.07. The second kappa shape index (κ2) is 7.03. The maximum Gasteiger partial charge on any atom is 0.251 e. The van der Waals surface area contributed by atoms with E-state index in [1.165, 1.54) is 0 Å². The Bertz CT molecular complexity index is 654. The van der Waals surface area contributed by atoms with Crippen molar-refractivity contribution < 1.29 is 4.79 Å². The predicted molar refractivity (Wildman–Crippen MR) is 88.6 cm³/mol. The topological polar surface area (TPSA) is 41.1 Å². The van der Waals surface area contributed by atoms with Crippen molar-refractivity contribution in [1.29, 1.82) is 0 Å². The third-order valence-corrected chi connectivity index (χ3v) is 3.63. The molecule has 110 valence electrons. The maximum atomic E-state index is 11.6. The number of halogens is 3. The minimum Gasteiger partial charge on any atom is -0.380 e. The molecule has 0 aliphatic rings. The second-order valence-corrected chi connectivity index (χ2v) is 5.69. The van der Waals surface area contributed by atoms with Gasteiger partial charge in [-0.25, -0.2) is 0 Å². The van der Waals surface area contributed by atoms with Gasteiger partial charge in [-0.2, -0.15) is 0 Å². The van der Waals surface area contributed by atoms with Crippen molar-refractivity contribution >= 4 is 46.4 Å². The standard InChI is InChI=1S/C15H13Cl3N2O/c1-19-15(21)10-2-3-13(18)14(6-10)20-8-9-4-11(16)7-12(17)5-9/h2-7,20H,8H2,1H3,(H,19,21). The summed E-state index contributed by atoms with van der Waals surface area (Å²) in [5.41, 5.74) is 2.14. The number of carbonyl (C=O) groups excluding carboxylic acids is 1. The Morgan fingerprint density at radius 2 is 1.71 bits per heavy atom. The van der Waals surface area contributed by atoms with E-state index in [0.717, 1.165) is 5.56 Å². The van der Waals surface area contributed by atoms with Crippen molar-refractivity contribution in [1.82, 2.24) is 5.32 Å². The lowest BCUT2D eigenvalue weighted by Crippen LogP contribution is -2.17. The lowest BCUT2D eigenvalue weighted by atomic mass is 10.1. The number of rotatable bonds is 4. The fourth-order valence-corrected chi connectivity index (χ4v) is 2.61. The molecule has 6 heteroatoms. The van der Waals surface area contributed by atoms with Crippen LogP contribution in [0.3, 0.4) is 0 Å². The predicted octanol–water partition coefficient (Wildman–Crippen LogP) is 4.62. The van der Waals surface area contributed by atoms with Crippen LogP contribution in [0.2, 0.25) is 15.1 Å². The van der Waals surface area contributed by atoms with E-state index in [1.807, 2.05) is 12.1 Å². The number of nitrogens with one attached hydrogen (secondary N) is 2. The molecular weight excluding hydrogens is 331 g/mol. The summed E-state index contributed by atoms with van der Waals surface area (Å²) in [5, 5.41) is 7.43. The van der Waals surface area contributed by atoms with E-state index in [2.05, 4.69) is 10.6 Å². The Kier molecular flexibility index (Phi) is 5.34. The van der Waals surface area contributed by atoms with Crippen molar-refractivity contribution in [2.75, 3.05) is 12.4 Å². The molecule has 0 saturated carbocycles. The molecule has 0 unspecified atom stereocenters. The minimum atomic E-state index is -0.166. The molecule has 0 fully saturated rings. The molecule has 0 spiro atoms. The summed E-state index contributed by atoms with van der Waals surface area (Å²) >= 11 is 18.0. The molecular formula is C15H13Cl3N2O. The number of anilines is 1. The zero-order valence-corrected chi connectivity index (χ0v) is 13.5. The van der Waals surface area contributed by atoms with Gasteiger partial charge in [0.1, 0.15) is 0 Å². The minimum absolute atomic E-state index is 0.166. The van der Waals surface area contributed by atoms with Crippen LogP contribution in [0.5, 0.6) is 0 Å². The first kappa shape index (κ1) is 16.0. The number of hydrogen-bond donors (Lipinski definition) is 2. The lowest BCUT2D eigenvalue weighted by molar-refractivity contribution is 0.0963. The Morgan fingerprint density at radius 1 is 1.05 bits per heavy atom. The van der Waals surface area contributed by atoms with Crippen molar-refractivity contribution in [3.05, 3.63) is 62.6 Å². The summed E-state index contributed by atoms with van der Waals surface area (Å²) in [6, 6.07) is 10.4. The number of hydrogen-bond acceptors (Lipinski definition) is 2. The van der Waals surface area contributed by atoms with Crippen LogP contribution < -0.4 is 10.6 Å². The largest absolute Gasteiger partial charge is 0.380 e. The summed E-state index contributed by atoms with van der Waals surface area (Å²) in [6.45, 7) is 0.497. The first-order chi connectivity index (χ1) is 9.99. The average molecular weight is 344 g/mol. The van der Waals surface area contributed by atoms with E-state index in [4.69, 9.17) is 34.8 Å². The Morgan fingerprint density at radius 3 is 2.33 bits per heavy atom. The molecule has 0 aliphatic carbocycles. The van der Waals surface area contributed by atoms with Gasteiger partial charge >= 0.3 is 0 Å². The van der Waals surface area contributed by atoms with Gasteiger partial charge in [0.25, 0.3) is 5.91 Å². The molecule has 0 radical (unpaired) electrons. The Labute approximate surface area is 138 Å². The van der Waals surface area contributed by atoms with Crippen LogP contribution in [0, 0.1) is 0 Å². The monoisotopic (exact) mass is 342 g/mol. The molecule has 1 amide bonds. The van der Waals surface area contributed by atoms with Gasteiger partial charge in [-0.3, -0.25) is 4.79 Å². The molecule has 2 N–H and O–H groups in total. The zero-order chi connectivity index (χ0) is 15.4. The van der Waals surface area contributed by atoms with Crippen LogP contribution in [0.25, 0.3) is 0 Å². The normalized spacial score (nSPS) is 10.3. The molecule has 21 heavy (non-hydrogen) atoms. The van der Waals surface area contributed by atoms with E-state index in [-0.39, 0.29) is 5.91 Å². The molecule has 2 rings (SSSR count). The van der Waals surface area contributed by atoms with Crippen molar-refractivity contribution in [3.63, 3.8) is 0 Å². The smallest absolute Gasteiger partial charge is 0.251 e. The molecule has 0 atom stereocenters. The van der Waals surface area contributed by atoms with Gasteiger partial charge in [0.15, 0.2) is 0 Å². The highest BCUT2D eigenvalue weighted by molar-refractivity contribution is 6.34. The van der Waals surface area contributed by atoms with Crippen molar-refractivity contribution in [2.24, 2.45) is 0 Å². The molecule has 0 aliphatic heterocycles. The van der Waals surface area contributed by atoms with Crippen LogP contribution in [0.15, 0.2) is 36.4 Å². The van der Waals surface area contributed by atoms with E-state index in [0.29, 0.717) is 32.9 Å². The molecule has 0 heterocycles. The second-order valence-electron chi connectivity index (χ2n) is 4.40. The van der Waals surface area contributed by atoms with Crippen LogP contribution in [0.1, 0.15) is 15.9 Å². The highest BCUT2D eigenvalue weighted by atomic mass is 35.5. The summed E-state index contributed by atoms with van der Waals surface area (Å²) < 4.78 is 0. The van der Waals surface area contributed by atoms with Gasteiger partial charge in [-0.1, -0.05) is 34.8 Å². The third-order valence-electron chi connectivity index (χ3n) is 2.86. The van der Waals surface area contributed by atoms with Crippen LogP contribution >= 0.6 is 34.8 Å². The van der Waals surface area contributed by atoms with Crippen LogP contribution in [0.4, 0.5) is 5.69 Å². The Hall–Kier alpha value is -1.42. The van der Waals surface area contributed by atoms with Gasteiger partial charge < -0.3 is 10.6 Å². The van der Waals surface area contributed by atoms with Gasteiger partial charge in [-0.15, -0.1) is 0 Å². The Balaban J connectivity index is 2.17. The molecule has 2 aromatic rings. The molecule has 0 saturated heterocycles. The van der Waals surface area contributed by atoms with Crippen molar-refractivity contribution in [2.45, 2.75) is 6.54 Å². The van der Waals surface area contributed by atoms with Crippen LogP contribution in [-0.2, 0) is 6.54 Å². The van der Waals surface area contributed by atoms with Gasteiger partial charge in [0.2, 0.25) is 0 Å². The van der Waals surface area contributed by atoms with E-state index in [9.17, 15) is 4.79 Å². The summed E-state index contributed by atoms with van der Waals surface area (Å²) in [5.74, 6) is -0.166. The van der Waals surface area contributed by atoms with E-state index in [1.54, 1.807) is 31.3 Å². The number of amides is 1. The van der Waals surface area contributed by atoms with Gasteiger partial charge in [0.05, 0.1) is 10.7 Å². The van der Waals surface area contributed by atoms with Crippen molar-refractivity contribution in [3.8, 4) is 0 Å². The molecule has 0 bridgehead atoms. The first-order valence-electron chi connectivity index (χ1n) is 6.20.